The van der Waals surface area contributed by atoms with Gasteiger partial charge in [0.1, 0.15) is 3.70 Å². The van der Waals surface area contributed by atoms with E-state index < -0.39 is 6.43 Å². The van der Waals surface area contributed by atoms with Gasteiger partial charge in [0.15, 0.2) is 0 Å². The Morgan fingerprint density at radius 1 is 1.62 bits per heavy atom. The van der Waals surface area contributed by atoms with Gasteiger partial charge in [-0.25, -0.2) is 13.8 Å². The van der Waals surface area contributed by atoms with Crippen molar-refractivity contribution in [3.05, 3.63) is 21.0 Å². The van der Waals surface area contributed by atoms with Crippen LogP contribution >= 0.6 is 38.5 Å². The summed E-state index contributed by atoms with van der Waals surface area (Å²) in [6, 6.07) is 0. The molecule has 0 atom stereocenters. The third-order valence-corrected chi connectivity index (χ3v) is 3.02. The highest BCUT2D eigenvalue weighted by atomic mass is 127. The summed E-state index contributed by atoms with van der Waals surface area (Å²) in [7, 11) is 0. The van der Waals surface area contributed by atoms with Crippen LogP contribution in [0.15, 0.2) is 6.20 Å². The van der Waals surface area contributed by atoms with E-state index in [-0.39, 0.29) is 11.3 Å². The summed E-state index contributed by atoms with van der Waals surface area (Å²) in [5, 5.41) is 0.334. The van der Waals surface area contributed by atoms with Gasteiger partial charge in [-0.15, -0.1) is 0 Å². The van der Waals surface area contributed by atoms with E-state index in [9.17, 15) is 8.78 Å². The smallest absolute Gasteiger partial charge is 0.266 e. The van der Waals surface area contributed by atoms with Crippen molar-refractivity contribution >= 4 is 44.2 Å². The number of pyridine rings is 1. The lowest BCUT2D eigenvalue weighted by molar-refractivity contribution is 0.151. The summed E-state index contributed by atoms with van der Waals surface area (Å²) in [5.41, 5.74) is 5.89. The average Bonchev–Trinajstić information content (AvgIpc) is 2.08. The maximum absolute atomic E-state index is 12.5. The molecule has 0 spiro atoms. The summed E-state index contributed by atoms with van der Waals surface area (Å²) in [4.78, 5) is 3.89. The lowest BCUT2D eigenvalue weighted by atomic mass is 10.1. The molecule has 6 heteroatoms. The molecule has 1 rings (SSSR count). The van der Waals surface area contributed by atoms with E-state index in [2.05, 4.69) is 20.9 Å². The third-order valence-electron chi connectivity index (χ3n) is 1.55. The molecule has 2 nitrogen and oxygen atoms in total. The van der Waals surface area contributed by atoms with Crippen LogP contribution in [-0.2, 0) is 5.33 Å². The zero-order valence-corrected chi connectivity index (χ0v) is 10.1. The van der Waals surface area contributed by atoms with Gasteiger partial charge in [0, 0.05) is 17.1 Å². The van der Waals surface area contributed by atoms with Gasteiger partial charge < -0.3 is 5.73 Å². The number of halogens is 4. The van der Waals surface area contributed by atoms with E-state index in [1.54, 1.807) is 0 Å². The van der Waals surface area contributed by atoms with Crippen LogP contribution < -0.4 is 5.73 Å². The first-order valence-electron chi connectivity index (χ1n) is 3.34. The molecule has 13 heavy (non-hydrogen) atoms. The van der Waals surface area contributed by atoms with Gasteiger partial charge in [0.25, 0.3) is 6.43 Å². The monoisotopic (exact) mass is 362 g/mol. The molecule has 0 aliphatic heterocycles. The number of aromatic nitrogens is 1. The highest BCUT2D eigenvalue weighted by molar-refractivity contribution is 14.1. The van der Waals surface area contributed by atoms with Gasteiger partial charge >= 0.3 is 0 Å². The van der Waals surface area contributed by atoms with Crippen molar-refractivity contribution in [3.63, 3.8) is 0 Å². The number of nitrogen functional groups attached to an aromatic ring is 1. The predicted octanol–water partition coefficient (Wildman–Crippen LogP) is 3.10. The average molecular weight is 363 g/mol. The zero-order chi connectivity index (χ0) is 10.0. The van der Waals surface area contributed by atoms with Crippen LogP contribution in [0.5, 0.6) is 0 Å². The maximum atomic E-state index is 12.5. The van der Waals surface area contributed by atoms with Crippen LogP contribution in [0.3, 0.4) is 0 Å². The molecule has 0 aromatic carbocycles. The quantitative estimate of drug-likeness (QED) is 0.499. The molecule has 0 saturated carbocycles. The molecule has 0 amide bonds. The second-order valence-electron chi connectivity index (χ2n) is 2.34. The normalized spacial score (nSPS) is 10.8. The number of alkyl halides is 3. The molecule has 0 bridgehead atoms. The lowest BCUT2D eigenvalue weighted by Gasteiger charge is -2.09. The maximum Gasteiger partial charge on any atom is 0.266 e. The van der Waals surface area contributed by atoms with E-state index in [1.165, 1.54) is 6.20 Å². The molecule has 1 aromatic rings. The minimum absolute atomic E-state index is 0.0764. The van der Waals surface area contributed by atoms with E-state index in [4.69, 9.17) is 5.73 Å². The molecule has 0 aliphatic rings. The Bertz CT molecular complexity index is 320. The Kier molecular flexibility index (Phi) is 3.84. The molecule has 72 valence electrons. The summed E-state index contributed by atoms with van der Waals surface area (Å²) >= 11 is 4.94. The molecular formula is C7H6BrF2IN2. The summed E-state index contributed by atoms with van der Waals surface area (Å²) in [6.07, 6.45) is -1.14. The Morgan fingerprint density at radius 2 is 2.23 bits per heavy atom. The SMILES string of the molecule is Nc1c(I)ncc(CBr)c1C(F)F. The first-order valence-corrected chi connectivity index (χ1v) is 5.54. The molecule has 0 saturated heterocycles. The van der Waals surface area contributed by atoms with Crippen molar-refractivity contribution in [2.24, 2.45) is 0 Å². The van der Waals surface area contributed by atoms with E-state index in [0.717, 1.165) is 0 Å². The van der Waals surface area contributed by atoms with Crippen LogP contribution in [0.1, 0.15) is 17.6 Å². The molecule has 0 radical (unpaired) electrons. The van der Waals surface area contributed by atoms with Crippen LogP contribution in [0.4, 0.5) is 14.5 Å². The lowest BCUT2D eigenvalue weighted by Crippen LogP contribution is -2.03. The number of anilines is 1. The fraction of sp³-hybridized carbons (Fsp3) is 0.286. The fourth-order valence-electron chi connectivity index (χ4n) is 0.922. The second kappa shape index (κ2) is 4.50. The van der Waals surface area contributed by atoms with Gasteiger partial charge in [-0.2, -0.15) is 0 Å². The van der Waals surface area contributed by atoms with Crippen molar-refractivity contribution in [1.29, 1.82) is 0 Å². The number of rotatable bonds is 2. The second-order valence-corrected chi connectivity index (χ2v) is 3.92. The molecule has 2 N–H and O–H groups in total. The van der Waals surface area contributed by atoms with Crippen molar-refractivity contribution in [1.82, 2.24) is 4.98 Å². The summed E-state index contributed by atoms with van der Waals surface area (Å²) in [5.74, 6) is 0. The van der Waals surface area contributed by atoms with Gasteiger partial charge in [0.2, 0.25) is 0 Å². The van der Waals surface area contributed by atoms with Crippen LogP contribution in [-0.4, -0.2) is 4.98 Å². The number of nitrogens with two attached hydrogens (primary N) is 1. The molecule has 1 heterocycles. The zero-order valence-electron chi connectivity index (χ0n) is 6.40. The molecule has 0 aliphatic carbocycles. The van der Waals surface area contributed by atoms with E-state index in [0.29, 0.717) is 14.6 Å². The minimum atomic E-state index is -2.55. The minimum Gasteiger partial charge on any atom is -0.396 e. The number of hydrogen-bond acceptors (Lipinski definition) is 2. The summed E-state index contributed by atoms with van der Waals surface area (Å²) in [6.45, 7) is 0. The molecule has 0 fully saturated rings. The fourth-order valence-corrected chi connectivity index (χ4v) is 1.80. The number of nitrogens with zero attached hydrogens (tertiary/aromatic N) is 1. The third kappa shape index (κ3) is 2.28. The van der Waals surface area contributed by atoms with Crippen molar-refractivity contribution in [2.45, 2.75) is 11.8 Å². The topological polar surface area (TPSA) is 38.9 Å². The Morgan fingerprint density at radius 3 is 2.69 bits per heavy atom. The first kappa shape index (κ1) is 11.1. The van der Waals surface area contributed by atoms with Gasteiger partial charge in [0.05, 0.1) is 5.69 Å². The van der Waals surface area contributed by atoms with Gasteiger partial charge in [-0.1, -0.05) is 15.9 Å². The standard InChI is InChI=1S/C7H6BrF2IN2/c8-1-3-2-13-7(11)5(12)4(3)6(9)10/h2,6H,1,12H2. The Hall–Kier alpha value is 0.0200. The Labute approximate surface area is 96.2 Å². The summed E-state index contributed by atoms with van der Waals surface area (Å²) < 4.78 is 25.5. The molecule has 1 aromatic heterocycles. The predicted molar refractivity (Wildman–Crippen MR) is 59.0 cm³/mol. The molecular weight excluding hydrogens is 357 g/mol. The largest absolute Gasteiger partial charge is 0.396 e. The Balaban J connectivity index is 3.32. The van der Waals surface area contributed by atoms with Gasteiger partial charge in [-0.05, 0) is 28.2 Å². The van der Waals surface area contributed by atoms with Crippen LogP contribution in [0.2, 0.25) is 0 Å². The van der Waals surface area contributed by atoms with E-state index >= 15 is 0 Å². The van der Waals surface area contributed by atoms with Crippen molar-refractivity contribution in [3.8, 4) is 0 Å². The van der Waals surface area contributed by atoms with E-state index in [1.807, 2.05) is 22.6 Å². The first-order chi connectivity index (χ1) is 6.07. The van der Waals surface area contributed by atoms with Crippen LogP contribution in [0.25, 0.3) is 0 Å². The van der Waals surface area contributed by atoms with Crippen molar-refractivity contribution < 1.29 is 8.78 Å². The molecule has 0 unspecified atom stereocenters. The van der Waals surface area contributed by atoms with Crippen LogP contribution in [0, 0.1) is 3.70 Å². The van der Waals surface area contributed by atoms with Gasteiger partial charge in [-0.3, -0.25) is 0 Å². The highest BCUT2D eigenvalue weighted by Gasteiger charge is 2.18. The highest BCUT2D eigenvalue weighted by Crippen LogP contribution is 2.31. The van der Waals surface area contributed by atoms with Crippen molar-refractivity contribution in [2.75, 3.05) is 5.73 Å². The number of hydrogen-bond donors (Lipinski definition) is 1.